The summed E-state index contributed by atoms with van der Waals surface area (Å²) < 4.78 is 0. The first-order valence-corrected chi connectivity index (χ1v) is 9.51. The van der Waals surface area contributed by atoms with Crippen molar-refractivity contribution in [2.24, 2.45) is 0 Å². The highest BCUT2D eigenvalue weighted by Gasteiger charge is 2.12. The van der Waals surface area contributed by atoms with Gasteiger partial charge in [0.2, 0.25) is 0 Å². The van der Waals surface area contributed by atoms with Gasteiger partial charge in [0.25, 0.3) is 0 Å². The molecular formula is C25H32N2. The topological polar surface area (TPSA) is 24.1 Å². The Morgan fingerprint density at radius 2 is 1.74 bits per heavy atom. The number of benzene rings is 2. The molecule has 2 aromatic rings. The van der Waals surface area contributed by atoms with E-state index < -0.39 is 0 Å². The fraction of sp³-hybridized carbons (Fsp3) is 0.280. The van der Waals surface area contributed by atoms with Crippen LogP contribution in [0.25, 0.3) is 17.2 Å². The number of hydrogen-bond donors (Lipinski definition) is 2. The van der Waals surface area contributed by atoms with Crippen molar-refractivity contribution in [2.45, 2.75) is 33.2 Å². The fourth-order valence-corrected chi connectivity index (χ4v) is 3.24. The molecule has 0 aliphatic heterocycles. The van der Waals surface area contributed by atoms with Crippen LogP contribution in [0.2, 0.25) is 0 Å². The standard InChI is InChI=1S/C25H32N2/c1-7-8-21-9-14-24(16-19(21)4)22-10-12-23(13-11-22)25(15-18(2)3)27-20(5)17-26-6/h7-14,16,25-27H,2,5,15,17H2,1,3-4,6H3/b8-7-. The van der Waals surface area contributed by atoms with Gasteiger partial charge < -0.3 is 10.6 Å². The predicted molar refractivity (Wildman–Crippen MR) is 120 cm³/mol. The van der Waals surface area contributed by atoms with E-state index in [1.54, 1.807) is 0 Å². The molecule has 2 nitrogen and oxygen atoms in total. The van der Waals surface area contributed by atoms with Gasteiger partial charge in [0, 0.05) is 12.2 Å². The molecule has 2 heteroatoms. The fourth-order valence-electron chi connectivity index (χ4n) is 3.24. The molecule has 2 aromatic carbocycles. The number of aryl methyl sites for hydroxylation is 1. The molecule has 142 valence electrons. The summed E-state index contributed by atoms with van der Waals surface area (Å²) in [5, 5.41) is 6.67. The molecule has 0 aromatic heterocycles. The van der Waals surface area contributed by atoms with Crippen molar-refractivity contribution in [3.63, 3.8) is 0 Å². The smallest absolute Gasteiger partial charge is 0.0548 e. The monoisotopic (exact) mass is 360 g/mol. The van der Waals surface area contributed by atoms with Crippen LogP contribution < -0.4 is 10.6 Å². The van der Waals surface area contributed by atoms with Crippen molar-refractivity contribution in [3.8, 4) is 11.1 Å². The van der Waals surface area contributed by atoms with Crippen LogP contribution in [0.5, 0.6) is 0 Å². The van der Waals surface area contributed by atoms with Crippen LogP contribution in [-0.2, 0) is 0 Å². The minimum Gasteiger partial charge on any atom is -0.381 e. The lowest BCUT2D eigenvalue weighted by atomic mass is 9.95. The zero-order valence-electron chi connectivity index (χ0n) is 17.1. The lowest BCUT2D eigenvalue weighted by Gasteiger charge is -2.22. The van der Waals surface area contributed by atoms with E-state index in [4.69, 9.17) is 0 Å². The maximum atomic E-state index is 4.11. The van der Waals surface area contributed by atoms with Crippen molar-refractivity contribution in [3.05, 3.63) is 89.7 Å². The first-order valence-electron chi connectivity index (χ1n) is 9.51. The lowest BCUT2D eigenvalue weighted by Crippen LogP contribution is -2.26. The Kier molecular flexibility index (Phi) is 7.63. The van der Waals surface area contributed by atoms with E-state index >= 15 is 0 Å². The molecule has 0 spiro atoms. The molecule has 0 aliphatic rings. The van der Waals surface area contributed by atoms with E-state index in [0.717, 1.165) is 24.2 Å². The summed E-state index contributed by atoms with van der Waals surface area (Å²) in [6, 6.07) is 15.6. The number of nitrogens with one attached hydrogen (secondary N) is 2. The Morgan fingerprint density at radius 1 is 1.07 bits per heavy atom. The van der Waals surface area contributed by atoms with E-state index in [9.17, 15) is 0 Å². The molecule has 0 saturated heterocycles. The first kappa shape index (κ1) is 20.7. The van der Waals surface area contributed by atoms with Gasteiger partial charge in [0.1, 0.15) is 0 Å². The molecule has 0 saturated carbocycles. The van der Waals surface area contributed by atoms with Gasteiger partial charge >= 0.3 is 0 Å². The minimum absolute atomic E-state index is 0.191. The molecule has 2 rings (SSSR count). The summed E-state index contributed by atoms with van der Waals surface area (Å²) in [6.07, 6.45) is 5.11. The minimum atomic E-state index is 0.191. The van der Waals surface area contributed by atoms with Gasteiger partial charge in [-0.05, 0) is 62.1 Å². The van der Waals surface area contributed by atoms with Crippen molar-refractivity contribution in [1.82, 2.24) is 10.6 Å². The number of hydrogen-bond acceptors (Lipinski definition) is 2. The second-order valence-corrected chi connectivity index (χ2v) is 7.19. The Bertz CT molecular complexity index is 813. The molecule has 0 fully saturated rings. The summed E-state index contributed by atoms with van der Waals surface area (Å²) in [7, 11) is 1.93. The van der Waals surface area contributed by atoms with Crippen LogP contribution in [0.4, 0.5) is 0 Å². The molecule has 27 heavy (non-hydrogen) atoms. The van der Waals surface area contributed by atoms with Crippen LogP contribution >= 0.6 is 0 Å². The Morgan fingerprint density at radius 3 is 2.30 bits per heavy atom. The third-order valence-electron chi connectivity index (χ3n) is 4.58. The molecule has 0 amide bonds. The normalized spacial score (nSPS) is 12.1. The molecular weight excluding hydrogens is 328 g/mol. The van der Waals surface area contributed by atoms with E-state index in [1.807, 2.05) is 14.0 Å². The van der Waals surface area contributed by atoms with E-state index in [0.29, 0.717) is 0 Å². The highest BCUT2D eigenvalue weighted by atomic mass is 15.0. The van der Waals surface area contributed by atoms with Gasteiger partial charge in [0.15, 0.2) is 0 Å². The third kappa shape index (κ3) is 5.97. The molecule has 2 N–H and O–H groups in total. The third-order valence-corrected chi connectivity index (χ3v) is 4.58. The average molecular weight is 361 g/mol. The van der Waals surface area contributed by atoms with Crippen LogP contribution in [0.1, 0.15) is 43.0 Å². The largest absolute Gasteiger partial charge is 0.381 e. The van der Waals surface area contributed by atoms with E-state index in [1.165, 1.54) is 27.8 Å². The Balaban J connectivity index is 2.24. The van der Waals surface area contributed by atoms with Crippen molar-refractivity contribution in [1.29, 1.82) is 0 Å². The van der Waals surface area contributed by atoms with E-state index in [-0.39, 0.29) is 6.04 Å². The molecule has 1 unspecified atom stereocenters. The van der Waals surface area contributed by atoms with Crippen molar-refractivity contribution < 1.29 is 0 Å². The van der Waals surface area contributed by atoms with Crippen LogP contribution in [0.15, 0.2) is 73.0 Å². The summed E-state index contributed by atoms with van der Waals surface area (Å²) >= 11 is 0. The van der Waals surface area contributed by atoms with Gasteiger partial charge in [0.05, 0.1) is 6.04 Å². The number of allylic oxidation sites excluding steroid dienone is 1. The van der Waals surface area contributed by atoms with Gasteiger partial charge in [-0.2, -0.15) is 0 Å². The second kappa shape index (κ2) is 9.94. The summed E-state index contributed by atoms with van der Waals surface area (Å²) in [4.78, 5) is 0. The molecule has 0 heterocycles. The molecule has 0 radical (unpaired) electrons. The molecule has 1 atom stereocenters. The average Bonchev–Trinajstić information content (AvgIpc) is 2.63. The summed E-state index contributed by atoms with van der Waals surface area (Å²) in [5.41, 5.74) is 8.44. The number of likely N-dealkylation sites (N-methyl/N-ethyl adjacent to an activating group) is 1. The van der Waals surface area contributed by atoms with Gasteiger partial charge in [-0.3, -0.25) is 0 Å². The summed E-state index contributed by atoms with van der Waals surface area (Å²) in [5.74, 6) is 0. The SMILES string of the molecule is C=C(C)CC(NC(=C)CNC)c1ccc(-c2ccc(/C=C\C)c(C)c2)cc1. The number of rotatable bonds is 9. The molecule has 0 aliphatic carbocycles. The highest BCUT2D eigenvalue weighted by molar-refractivity contribution is 5.68. The van der Waals surface area contributed by atoms with Gasteiger partial charge in [-0.25, -0.2) is 0 Å². The van der Waals surface area contributed by atoms with Gasteiger partial charge in [-0.1, -0.05) is 66.8 Å². The van der Waals surface area contributed by atoms with Crippen molar-refractivity contribution in [2.75, 3.05) is 13.6 Å². The quantitative estimate of drug-likeness (QED) is 0.534. The maximum Gasteiger partial charge on any atom is 0.0548 e. The Labute approximate surface area is 164 Å². The first-order chi connectivity index (χ1) is 12.9. The highest BCUT2D eigenvalue weighted by Crippen LogP contribution is 2.27. The molecule has 0 bridgehead atoms. The second-order valence-electron chi connectivity index (χ2n) is 7.19. The Hall–Kier alpha value is -2.58. The zero-order valence-corrected chi connectivity index (χ0v) is 17.1. The van der Waals surface area contributed by atoms with Crippen LogP contribution in [-0.4, -0.2) is 13.6 Å². The lowest BCUT2D eigenvalue weighted by molar-refractivity contribution is 0.578. The van der Waals surface area contributed by atoms with E-state index in [2.05, 4.69) is 92.3 Å². The van der Waals surface area contributed by atoms with Crippen molar-refractivity contribution >= 4 is 6.08 Å². The summed E-state index contributed by atoms with van der Waals surface area (Å²) in [6.45, 7) is 15.2. The predicted octanol–water partition coefficient (Wildman–Crippen LogP) is 6.03. The van der Waals surface area contributed by atoms with Crippen LogP contribution in [0.3, 0.4) is 0 Å². The van der Waals surface area contributed by atoms with Gasteiger partial charge in [-0.15, -0.1) is 6.58 Å². The zero-order chi connectivity index (χ0) is 19.8. The van der Waals surface area contributed by atoms with Crippen LogP contribution in [0, 0.1) is 6.92 Å². The maximum absolute atomic E-state index is 4.11.